The highest BCUT2D eigenvalue weighted by atomic mass is 16.3. The van der Waals surface area contributed by atoms with E-state index in [1.807, 2.05) is 26.0 Å². The van der Waals surface area contributed by atoms with Gasteiger partial charge < -0.3 is 10.4 Å². The van der Waals surface area contributed by atoms with Gasteiger partial charge in [0.05, 0.1) is 6.07 Å². The van der Waals surface area contributed by atoms with E-state index in [9.17, 15) is 4.79 Å². The Morgan fingerprint density at radius 1 is 1.44 bits per heavy atom. The molecule has 0 saturated carbocycles. The van der Waals surface area contributed by atoms with Crippen LogP contribution in [0.25, 0.3) is 0 Å². The first kappa shape index (κ1) is 14.2. The van der Waals surface area contributed by atoms with Gasteiger partial charge in [0.15, 0.2) is 0 Å². The molecule has 4 heteroatoms. The minimum atomic E-state index is -0.805. The lowest BCUT2D eigenvalue weighted by Crippen LogP contribution is -2.38. The van der Waals surface area contributed by atoms with Crippen molar-refractivity contribution in [1.82, 2.24) is 5.32 Å². The Hall–Kier alpha value is -1.86. The standard InChI is InChI=1S/C14H18N2O2/c1-14(2,10-17)9-16-13(18)12(8-15)11-6-4-3-5-7-11/h3-7,12,17H,9-10H2,1-2H3,(H,16,18). The van der Waals surface area contributed by atoms with Gasteiger partial charge >= 0.3 is 0 Å². The normalized spacial score (nSPS) is 12.6. The van der Waals surface area contributed by atoms with E-state index in [0.29, 0.717) is 12.1 Å². The second kappa shape index (κ2) is 6.18. The molecule has 1 aromatic carbocycles. The highest BCUT2D eigenvalue weighted by Crippen LogP contribution is 2.16. The highest BCUT2D eigenvalue weighted by Gasteiger charge is 2.23. The number of amides is 1. The van der Waals surface area contributed by atoms with Crippen LogP contribution in [0.15, 0.2) is 30.3 Å². The van der Waals surface area contributed by atoms with Crippen molar-refractivity contribution in [2.24, 2.45) is 5.41 Å². The molecular weight excluding hydrogens is 228 g/mol. The number of rotatable bonds is 5. The summed E-state index contributed by atoms with van der Waals surface area (Å²) >= 11 is 0. The zero-order valence-corrected chi connectivity index (χ0v) is 10.7. The predicted molar refractivity (Wildman–Crippen MR) is 68.7 cm³/mol. The monoisotopic (exact) mass is 246 g/mol. The minimum absolute atomic E-state index is 0.0180. The second-order valence-electron chi connectivity index (χ2n) is 5.01. The molecule has 96 valence electrons. The van der Waals surface area contributed by atoms with Gasteiger partial charge in [0.2, 0.25) is 5.91 Å². The summed E-state index contributed by atoms with van der Waals surface area (Å²) in [6.45, 7) is 4.01. The van der Waals surface area contributed by atoms with Crippen LogP contribution in [-0.4, -0.2) is 24.2 Å². The van der Waals surface area contributed by atoms with Crippen molar-refractivity contribution < 1.29 is 9.90 Å². The highest BCUT2D eigenvalue weighted by molar-refractivity contribution is 5.86. The number of benzene rings is 1. The number of aliphatic hydroxyl groups excluding tert-OH is 1. The third-order valence-corrected chi connectivity index (χ3v) is 2.69. The molecule has 1 rings (SSSR count). The van der Waals surface area contributed by atoms with Crippen LogP contribution >= 0.6 is 0 Å². The number of nitriles is 1. The molecule has 1 unspecified atom stereocenters. The third kappa shape index (κ3) is 3.86. The number of carbonyl (C=O) groups is 1. The van der Waals surface area contributed by atoms with Crippen LogP contribution in [0.1, 0.15) is 25.3 Å². The fraction of sp³-hybridized carbons (Fsp3) is 0.429. The number of hydrogen-bond acceptors (Lipinski definition) is 3. The molecule has 1 amide bonds. The molecule has 0 aliphatic heterocycles. The Morgan fingerprint density at radius 3 is 2.56 bits per heavy atom. The molecule has 2 N–H and O–H groups in total. The van der Waals surface area contributed by atoms with Crippen molar-refractivity contribution in [2.75, 3.05) is 13.2 Å². The van der Waals surface area contributed by atoms with E-state index in [0.717, 1.165) is 0 Å². The van der Waals surface area contributed by atoms with E-state index >= 15 is 0 Å². The van der Waals surface area contributed by atoms with E-state index < -0.39 is 5.92 Å². The van der Waals surface area contributed by atoms with Gasteiger partial charge in [0.1, 0.15) is 5.92 Å². The van der Waals surface area contributed by atoms with Crippen molar-refractivity contribution in [2.45, 2.75) is 19.8 Å². The first-order valence-electron chi connectivity index (χ1n) is 5.83. The van der Waals surface area contributed by atoms with E-state index in [1.54, 1.807) is 24.3 Å². The van der Waals surface area contributed by atoms with Gasteiger partial charge in [0, 0.05) is 18.6 Å². The molecule has 0 fully saturated rings. The average molecular weight is 246 g/mol. The number of carbonyl (C=O) groups excluding carboxylic acids is 1. The molecule has 1 aromatic rings. The topological polar surface area (TPSA) is 73.1 Å². The van der Waals surface area contributed by atoms with Crippen LogP contribution in [0.5, 0.6) is 0 Å². The molecule has 0 heterocycles. The van der Waals surface area contributed by atoms with Gasteiger partial charge in [-0.1, -0.05) is 44.2 Å². The van der Waals surface area contributed by atoms with Crippen LogP contribution in [0.3, 0.4) is 0 Å². The van der Waals surface area contributed by atoms with Crippen LogP contribution in [0.2, 0.25) is 0 Å². The smallest absolute Gasteiger partial charge is 0.241 e. The molecular formula is C14H18N2O2. The Balaban J connectivity index is 2.68. The summed E-state index contributed by atoms with van der Waals surface area (Å²) < 4.78 is 0. The van der Waals surface area contributed by atoms with Gasteiger partial charge in [-0.2, -0.15) is 5.26 Å². The zero-order chi connectivity index (χ0) is 13.6. The molecule has 0 spiro atoms. The molecule has 4 nitrogen and oxygen atoms in total. The van der Waals surface area contributed by atoms with E-state index in [1.165, 1.54) is 0 Å². The summed E-state index contributed by atoms with van der Waals surface area (Å²) in [6.07, 6.45) is 0. The predicted octanol–water partition coefficient (Wildman–Crippen LogP) is 1.43. The number of nitrogens with zero attached hydrogens (tertiary/aromatic N) is 1. The van der Waals surface area contributed by atoms with Gasteiger partial charge in [-0.3, -0.25) is 4.79 Å². The first-order chi connectivity index (χ1) is 8.50. The SMILES string of the molecule is CC(C)(CO)CNC(=O)C(C#N)c1ccccc1. The number of nitrogens with one attached hydrogen (secondary N) is 1. The lowest BCUT2D eigenvalue weighted by molar-refractivity contribution is -0.121. The van der Waals surface area contributed by atoms with E-state index in [2.05, 4.69) is 5.32 Å². The quantitative estimate of drug-likeness (QED) is 0.825. The average Bonchev–Trinajstić information content (AvgIpc) is 2.39. The van der Waals surface area contributed by atoms with Crippen molar-refractivity contribution in [3.8, 4) is 6.07 Å². The van der Waals surface area contributed by atoms with E-state index in [-0.39, 0.29) is 17.9 Å². The van der Waals surface area contributed by atoms with Crippen molar-refractivity contribution in [3.05, 3.63) is 35.9 Å². The summed E-state index contributed by atoms with van der Waals surface area (Å²) in [4.78, 5) is 11.9. The largest absolute Gasteiger partial charge is 0.396 e. The molecule has 18 heavy (non-hydrogen) atoms. The minimum Gasteiger partial charge on any atom is -0.396 e. The number of hydrogen-bond donors (Lipinski definition) is 2. The van der Waals surface area contributed by atoms with Gasteiger partial charge in [-0.25, -0.2) is 0 Å². The van der Waals surface area contributed by atoms with E-state index in [4.69, 9.17) is 10.4 Å². The van der Waals surface area contributed by atoms with Crippen LogP contribution in [-0.2, 0) is 4.79 Å². The Morgan fingerprint density at radius 2 is 2.06 bits per heavy atom. The fourth-order valence-corrected chi connectivity index (χ4v) is 1.41. The summed E-state index contributed by atoms with van der Waals surface area (Å²) in [5.41, 5.74) is 0.297. The summed E-state index contributed by atoms with van der Waals surface area (Å²) in [6, 6.07) is 10.9. The Kier molecular flexibility index (Phi) is 4.87. The maximum absolute atomic E-state index is 11.9. The van der Waals surface area contributed by atoms with Gasteiger partial charge in [-0.15, -0.1) is 0 Å². The fourth-order valence-electron chi connectivity index (χ4n) is 1.41. The van der Waals surface area contributed by atoms with Gasteiger partial charge in [0.25, 0.3) is 0 Å². The molecule has 0 aromatic heterocycles. The first-order valence-corrected chi connectivity index (χ1v) is 5.83. The zero-order valence-electron chi connectivity index (χ0n) is 10.7. The van der Waals surface area contributed by atoms with Crippen LogP contribution in [0.4, 0.5) is 0 Å². The van der Waals surface area contributed by atoms with Gasteiger partial charge in [-0.05, 0) is 5.56 Å². The summed E-state index contributed by atoms with van der Waals surface area (Å²) in [7, 11) is 0. The molecule has 0 radical (unpaired) electrons. The Labute approximate surface area is 107 Å². The van der Waals surface area contributed by atoms with Crippen molar-refractivity contribution >= 4 is 5.91 Å². The summed E-state index contributed by atoms with van der Waals surface area (Å²) in [5.74, 6) is -1.13. The molecule has 0 aliphatic rings. The lowest BCUT2D eigenvalue weighted by Gasteiger charge is -2.22. The van der Waals surface area contributed by atoms with Crippen molar-refractivity contribution in [1.29, 1.82) is 5.26 Å². The lowest BCUT2D eigenvalue weighted by atomic mass is 9.94. The Bertz CT molecular complexity index is 435. The number of aliphatic hydroxyl groups is 1. The molecule has 1 atom stereocenters. The van der Waals surface area contributed by atoms with Crippen LogP contribution < -0.4 is 5.32 Å². The third-order valence-electron chi connectivity index (χ3n) is 2.69. The maximum Gasteiger partial charge on any atom is 0.241 e. The molecule has 0 bridgehead atoms. The maximum atomic E-state index is 11.9. The molecule has 0 saturated heterocycles. The van der Waals surface area contributed by atoms with Crippen LogP contribution in [0, 0.1) is 16.7 Å². The second-order valence-corrected chi connectivity index (χ2v) is 5.01. The molecule has 0 aliphatic carbocycles. The van der Waals surface area contributed by atoms with Crippen molar-refractivity contribution in [3.63, 3.8) is 0 Å². The summed E-state index contributed by atoms with van der Waals surface area (Å²) in [5, 5.41) is 20.9.